The van der Waals surface area contributed by atoms with Crippen LogP contribution in [0.3, 0.4) is 0 Å². The number of hydrogen-bond donors (Lipinski definition) is 1. The molecule has 1 fully saturated rings. The lowest BCUT2D eigenvalue weighted by atomic mass is 9.74. The highest BCUT2D eigenvalue weighted by Crippen LogP contribution is 2.34. The van der Waals surface area contributed by atoms with Crippen molar-refractivity contribution < 1.29 is 9.53 Å². The zero-order valence-corrected chi connectivity index (χ0v) is 16.7. The highest BCUT2D eigenvalue weighted by atomic mass is 32.1. The summed E-state index contributed by atoms with van der Waals surface area (Å²) in [5.74, 6) is 0.163. The molecule has 1 N–H and O–H groups in total. The van der Waals surface area contributed by atoms with Gasteiger partial charge in [-0.1, -0.05) is 30.3 Å². The second kappa shape index (κ2) is 8.83. The third-order valence-electron chi connectivity index (χ3n) is 5.45. The van der Waals surface area contributed by atoms with Crippen LogP contribution in [-0.4, -0.2) is 25.7 Å². The van der Waals surface area contributed by atoms with Crippen LogP contribution in [0.25, 0.3) is 0 Å². The Bertz CT molecular complexity index is 717. The average molecular weight is 372 g/mol. The van der Waals surface area contributed by atoms with E-state index in [4.69, 9.17) is 4.74 Å². The van der Waals surface area contributed by atoms with Gasteiger partial charge in [0.05, 0.1) is 0 Å². The summed E-state index contributed by atoms with van der Waals surface area (Å²) in [7, 11) is 0. The smallest absolute Gasteiger partial charge is 0.220 e. The summed E-state index contributed by atoms with van der Waals surface area (Å²) in [4.78, 5) is 15.1. The lowest BCUT2D eigenvalue weighted by Gasteiger charge is -2.38. The van der Waals surface area contributed by atoms with Crippen LogP contribution in [0.4, 0.5) is 0 Å². The zero-order chi connectivity index (χ0) is 18.4. The first-order valence-electron chi connectivity index (χ1n) is 9.55. The van der Waals surface area contributed by atoms with Crippen molar-refractivity contribution in [2.75, 3.05) is 19.8 Å². The summed E-state index contributed by atoms with van der Waals surface area (Å²) in [6.07, 6.45) is 4.41. The van der Waals surface area contributed by atoms with Crippen LogP contribution >= 0.6 is 11.3 Å². The van der Waals surface area contributed by atoms with Crippen LogP contribution in [-0.2, 0) is 21.4 Å². The monoisotopic (exact) mass is 371 g/mol. The molecule has 140 valence electrons. The fourth-order valence-electron chi connectivity index (χ4n) is 3.85. The number of thiophene rings is 1. The summed E-state index contributed by atoms with van der Waals surface area (Å²) < 4.78 is 5.57. The Morgan fingerprint density at radius 2 is 1.92 bits per heavy atom. The molecule has 1 aromatic heterocycles. The Balaban J connectivity index is 1.52. The fourth-order valence-corrected chi connectivity index (χ4v) is 4.82. The number of hydrogen-bond acceptors (Lipinski definition) is 3. The largest absolute Gasteiger partial charge is 0.381 e. The zero-order valence-electron chi connectivity index (χ0n) is 15.8. The third kappa shape index (κ3) is 4.74. The number of rotatable bonds is 7. The number of amides is 1. The van der Waals surface area contributed by atoms with Crippen LogP contribution in [0.5, 0.6) is 0 Å². The van der Waals surface area contributed by atoms with Gasteiger partial charge >= 0.3 is 0 Å². The van der Waals surface area contributed by atoms with E-state index in [1.165, 1.54) is 20.9 Å². The molecule has 4 heteroatoms. The van der Waals surface area contributed by atoms with Crippen LogP contribution in [0, 0.1) is 13.8 Å². The maximum atomic E-state index is 12.4. The second-order valence-corrected chi connectivity index (χ2v) is 8.79. The van der Waals surface area contributed by atoms with Gasteiger partial charge in [-0.15, -0.1) is 11.3 Å². The number of ether oxygens (including phenoxy) is 1. The first-order chi connectivity index (χ1) is 12.6. The van der Waals surface area contributed by atoms with E-state index >= 15 is 0 Å². The van der Waals surface area contributed by atoms with Gasteiger partial charge in [-0.05, 0) is 56.7 Å². The van der Waals surface area contributed by atoms with Crippen molar-refractivity contribution in [3.63, 3.8) is 0 Å². The first kappa shape index (κ1) is 19.1. The molecule has 0 unspecified atom stereocenters. The predicted molar refractivity (Wildman–Crippen MR) is 108 cm³/mol. The summed E-state index contributed by atoms with van der Waals surface area (Å²) >= 11 is 1.84. The van der Waals surface area contributed by atoms with Crippen LogP contribution in [0.1, 0.15) is 46.6 Å². The number of carbonyl (C=O) groups excluding carboxylic acids is 1. The van der Waals surface area contributed by atoms with E-state index in [0.29, 0.717) is 13.0 Å². The van der Waals surface area contributed by atoms with Gasteiger partial charge in [-0.25, -0.2) is 0 Å². The molecule has 0 bridgehead atoms. The van der Waals surface area contributed by atoms with E-state index in [1.807, 2.05) is 17.4 Å². The van der Waals surface area contributed by atoms with E-state index in [2.05, 4.69) is 49.5 Å². The molecule has 3 nitrogen and oxygen atoms in total. The Labute approximate surface area is 160 Å². The number of benzene rings is 1. The van der Waals surface area contributed by atoms with E-state index < -0.39 is 0 Å². The lowest BCUT2D eigenvalue weighted by Crippen LogP contribution is -2.44. The molecule has 0 aliphatic carbocycles. The SMILES string of the molecule is Cc1cc(CCCC(=O)NCC2(c3ccccc3)CCOCC2)c(C)s1. The highest BCUT2D eigenvalue weighted by Gasteiger charge is 2.34. The minimum Gasteiger partial charge on any atom is -0.381 e. The summed E-state index contributed by atoms with van der Waals surface area (Å²) in [5, 5.41) is 3.21. The number of aryl methyl sites for hydroxylation is 3. The fraction of sp³-hybridized carbons (Fsp3) is 0.500. The molecule has 0 spiro atoms. The molecular weight excluding hydrogens is 342 g/mol. The second-order valence-electron chi connectivity index (χ2n) is 7.33. The van der Waals surface area contributed by atoms with Crippen LogP contribution in [0.2, 0.25) is 0 Å². The van der Waals surface area contributed by atoms with Crippen LogP contribution in [0.15, 0.2) is 36.4 Å². The molecule has 3 rings (SSSR count). The summed E-state index contributed by atoms with van der Waals surface area (Å²) in [6.45, 7) is 6.55. The van der Waals surface area contributed by atoms with Crippen molar-refractivity contribution in [3.05, 3.63) is 57.3 Å². The predicted octanol–water partition coefficient (Wildman–Crippen LogP) is 4.55. The van der Waals surface area contributed by atoms with Crippen molar-refractivity contribution >= 4 is 17.2 Å². The molecule has 0 radical (unpaired) electrons. The topological polar surface area (TPSA) is 38.3 Å². The van der Waals surface area contributed by atoms with Crippen molar-refractivity contribution in [3.8, 4) is 0 Å². The maximum Gasteiger partial charge on any atom is 0.220 e. The van der Waals surface area contributed by atoms with Gasteiger partial charge in [0.2, 0.25) is 5.91 Å². The van der Waals surface area contributed by atoms with Crippen molar-refractivity contribution in [2.45, 2.75) is 51.4 Å². The van der Waals surface area contributed by atoms with Gasteiger partial charge in [-0.3, -0.25) is 4.79 Å². The summed E-state index contributed by atoms with van der Waals surface area (Å²) in [6, 6.07) is 12.8. The van der Waals surface area contributed by atoms with E-state index in [0.717, 1.165) is 38.9 Å². The molecule has 1 amide bonds. The van der Waals surface area contributed by atoms with Gasteiger partial charge in [-0.2, -0.15) is 0 Å². The van der Waals surface area contributed by atoms with E-state index in [1.54, 1.807) is 0 Å². The molecule has 2 heterocycles. The minimum atomic E-state index is 0.0101. The molecule has 0 saturated carbocycles. The van der Waals surface area contributed by atoms with Crippen molar-refractivity contribution in [1.29, 1.82) is 0 Å². The Morgan fingerprint density at radius 3 is 2.58 bits per heavy atom. The highest BCUT2D eigenvalue weighted by molar-refractivity contribution is 7.12. The normalized spacial score (nSPS) is 16.4. The van der Waals surface area contributed by atoms with Gasteiger partial charge in [0.15, 0.2) is 0 Å². The Morgan fingerprint density at radius 1 is 1.19 bits per heavy atom. The van der Waals surface area contributed by atoms with E-state index in [-0.39, 0.29) is 11.3 Å². The molecule has 26 heavy (non-hydrogen) atoms. The Kier molecular flexibility index (Phi) is 6.49. The maximum absolute atomic E-state index is 12.4. The first-order valence-corrected chi connectivity index (χ1v) is 10.4. The molecule has 2 aromatic rings. The van der Waals surface area contributed by atoms with Crippen molar-refractivity contribution in [2.24, 2.45) is 0 Å². The number of nitrogens with one attached hydrogen (secondary N) is 1. The summed E-state index contributed by atoms with van der Waals surface area (Å²) in [5.41, 5.74) is 2.72. The molecule has 1 aliphatic heterocycles. The lowest BCUT2D eigenvalue weighted by molar-refractivity contribution is -0.121. The van der Waals surface area contributed by atoms with Crippen molar-refractivity contribution in [1.82, 2.24) is 5.32 Å². The third-order valence-corrected chi connectivity index (χ3v) is 6.46. The van der Waals surface area contributed by atoms with Gasteiger partial charge in [0.25, 0.3) is 0 Å². The molecule has 0 atom stereocenters. The standard InChI is InChI=1S/C22H29NO2S/c1-17-15-19(18(2)26-17)7-6-10-21(24)23-16-22(11-13-25-14-12-22)20-8-4-3-5-9-20/h3-5,8-9,15H,6-7,10-14,16H2,1-2H3,(H,23,24). The molecule has 1 aromatic carbocycles. The van der Waals surface area contributed by atoms with Gasteiger partial charge in [0.1, 0.15) is 0 Å². The van der Waals surface area contributed by atoms with Gasteiger partial charge in [0, 0.05) is 41.3 Å². The average Bonchev–Trinajstić information content (AvgIpc) is 2.99. The Hall–Kier alpha value is -1.65. The molecule has 1 aliphatic rings. The van der Waals surface area contributed by atoms with Gasteiger partial charge < -0.3 is 10.1 Å². The van der Waals surface area contributed by atoms with E-state index in [9.17, 15) is 4.79 Å². The molecule has 1 saturated heterocycles. The number of carbonyl (C=O) groups is 1. The minimum absolute atomic E-state index is 0.0101. The molecular formula is C22H29NO2S. The quantitative estimate of drug-likeness (QED) is 0.775. The van der Waals surface area contributed by atoms with Crippen LogP contribution < -0.4 is 5.32 Å².